The molecular formula is C34H50N8O5Si. The summed E-state index contributed by atoms with van der Waals surface area (Å²) in [5, 5.41) is 9.59. The van der Waals surface area contributed by atoms with E-state index in [2.05, 4.69) is 60.7 Å². The van der Waals surface area contributed by atoms with E-state index >= 15 is 0 Å². The first-order valence-electron chi connectivity index (χ1n) is 16.8. The second kappa shape index (κ2) is 13.6. The van der Waals surface area contributed by atoms with Crippen molar-refractivity contribution < 1.29 is 23.4 Å². The Morgan fingerprint density at radius 2 is 1.71 bits per heavy atom. The molecule has 0 amide bonds. The number of benzene rings is 1. The highest BCUT2D eigenvalue weighted by Gasteiger charge is 2.39. The fourth-order valence-corrected chi connectivity index (χ4v) is 7.34. The van der Waals surface area contributed by atoms with E-state index in [0.29, 0.717) is 48.8 Å². The maximum absolute atomic E-state index is 6.76. The largest absolute Gasteiger partial charge is 0.493 e. The summed E-state index contributed by atoms with van der Waals surface area (Å²) in [4.78, 5) is 17.3. The first-order valence-corrected chi connectivity index (χ1v) is 19.7. The molecule has 260 valence electrons. The maximum Gasteiger partial charge on any atom is 0.232 e. The molecule has 1 atom stereocenters. The molecule has 3 aromatic heterocycles. The van der Waals surface area contributed by atoms with Crippen LogP contribution in [0.15, 0.2) is 24.7 Å². The van der Waals surface area contributed by atoms with Gasteiger partial charge in [-0.15, -0.1) is 0 Å². The number of ether oxygens (including phenoxy) is 4. The molecule has 2 fully saturated rings. The predicted octanol–water partition coefficient (Wildman–Crippen LogP) is 6.43. The second-order valence-corrected chi connectivity index (χ2v) is 19.0. The van der Waals surface area contributed by atoms with Crippen molar-refractivity contribution in [2.75, 3.05) is 57.9 Å². The molecule has 0 spiro atoms. The van der Waals surface area contributed by atoms with Crippen LogP contribution in [0.1, 0.15) is 58.2 Å². The summed E-state index contributed by atoms with van der Waals surface area (Å²) in [5.41, 5.74) is 2.56. The van der Waals surface area contributed by atoms with Gasteiger partial charge >= 0.3 is 0 Å². The van der Waals surface area contributed by atoms with Crippen molar-refractivity contribution in [3.8, 4) is 22.9 Å². The SMILES string of the molecule is COc1cc(-n2cnc(Nc3nc(N4CCC[C@H]4CO[Si](C)(C)C(C)(C)C)c4c(C)nn(C5CCOCC5)c4n3)c2)cc(OC)c1OC. The minimum atomic E-state index is -1.92. The average Bonchev–Trinajstić information content (AvgIpc) is 3.82. The van der Waals surface area contributed by atoms with Crippen LogP contribution in [-0.2, 0) is 9.16 Å². The molecule has 6 rings (SSSR count). The minimum Gasteiger partial charge on any atom is -0.493 e. The monoisotopic (exact) mass is 678 g/mol. The summed E-state index contributed by atoms with van der Waals surface area (Å²) in [6.45, 7) is 16.6. The summed E-state index contributed by atoms with van der Waals surface area (Å²) in [7, 11) is 2.87. The van der Waals surface area contributed by atoms with Crippen LogP contribution in [0, 0.1) is 6.92 Å². The number of aromatic nitrogens is 6. The third-order valence-corrected chi connectivity index (χ3v) is 14.6. The lowest BCUT2D eigenvalue weighted by molar-refractivity contribution is 0.0672. The Labute approximate surface area is 284 Å². The van der Waals surface area contributed by atoms with E-state index in [4.69, 9.17) is 38.4 Å². The van der Waals surface area contributed by atoms with Crippen molar-refractivity contribution in [3.05, 3.63) is 30.4 Å². The number of hydrogen-bond acceptors (Lipinski definition) is 11. The number of methoxy groups -OCH3 is 3. The van der Waals surface area contributed by atoms with Crippen molar-refractivity contribution >= 4 is 36.9 Å². The van der Waals surface area contributed by atoms with Gasteiger partial charge in [0, 0.05) is 31.9 Å². The number of fused-ring (bicyclic) bond motifs is 1. The van der Waals surface area contributed by atoms with Gasteiger partial charge < -0.3 is 38.2 Å². The lowest BCUT2D eigenvalue weighted by atomic mass is 10.1. The standard InChI is InChI=1S/C34H50N8O5Si/c1-22-29-31(41-14-10-11-24(41)20-47-48(8,9)34(2,3)4)37-33(38-32(29)42(39-22)23-12-15-46-16-13-23)36-28-19-40(21-35-28)25-17-26(43-5)30(45-7)27(18-25)44-6/h17-19,21,23-24H,10-16,20H2,1-9H3,(H,36,37,38)/t24-/m0/s1. The number of hydrogen-bond donors (Lipinski definition) is 1. The zero-order valence-corrected chi connectivity index (χ0v) is 30.8. The molecule has 4 aromatic rings. The summed E-state index contributed by atoms with van der Waals surface area (Å²) in [6, 6.07) is 4.18. The van der Waals surface area contributed by atoms with Crippen molar-refractivity contribution in [1.82, 2.24) is 29.3 Å². The Balaban J connectivity index is 1.37. The number of nitrogens with one attached hydrogen (secondary N) is 1. The van der Waals surface area contributed by atoms with E-state index in [1.54, 1.807) is 27.7 Å². The number of rotatable bonds is 11. The predicted molar refractivity (Wildman–Crippen MR) is 189 cm³/mol. The van der Waals surface area contributed by atoms with Crippen LogP contribution in [0.2, 0.25) is 18.1 Å². The van der Waals surface area contributed by atoms with E-state index in [-0.39, 0.29) is 17.1 Å². The Bertz CT molecular complexity index is 1720. The molecule has 0 saturated carbocycles. The molecule has 2 aliphatic heterocycles. The van der Waals surface area contributed by atoms with Gasteiger partial charge in [0.15, 0.2) is 31.3 Å². The smallest absolute Gasteiger partial charge is 0.232 e. The zero-order chi connectivity index (χ0) is 34.2. The molecule has 5 heterocycles. The van der Waals surface area contributed by atoms with Gasteiger partial charge in [-0.25, -0.2) is 9.67 Å². The van der Waals surface area contributed by atoms with Gasteiger partial charge in [-0.3, -0.25) is 0 Å². The summed E-state index contributed by atoms with van der Waals surface area (Å²) in [6.07, 6.45) is 7.53. The third kappa shape index (κ3) is 6.57. The Hall–Kier alpha value is -3.88. The molecule has 2 aliphatic rings. The van der Waals surface area contributed by atoms with E-state index in [0.717, 1.165) is 60.5 Å². The number of nitrogens with zero attached hydrogens (tertiary/aromatic N) is 7. The first-order chi connectivity index (χ1) is 22.9. The molecule has 0 unspecified atom stereocenters. The number of anilines is 3. The van der Waals surface area contributed by atoms with Crippen LogP contribution >= 0.6 is 0 Å². The topological polar surface area (TPSA) is 123 Å². The summed E-state index contributed by atoms with van der Waals surface area (Å²) in [5.74, 6) is 3.61. The normalized spacial score (nSPS) is 17.7. The zero-order valence-electron chi connectivity index (χ0n) is 29.8. The Morgan fingerprint density at radius 3 is 2.35 bits per heavy atom. The highest BCUT2D eigenvalue weighted by atomic mass is 28.4. The van der Waals surface area contributed by atoms with Gasteiger partial charge in [0.25, 0.3) is 0 Å². The van der Waals surface area contributed by atoms with Crippen molar-refractivity contribution in [2.45, 2.75) is 83.6 Å². The highest BCUT2D eigenvalue weighted by molar-refractivity contribution is 6.74. The minimum absolute atomic E-state index is 0.142. The number of aryl methyl sites for hydroxylation is 1. The molecule has 1 aromatic carbocycles. The van der Waals surface area contributed by atoms with E-state index in [1.807, 2.05) is 22.9 Å². The maximum atomic E-state index is 6.76. The first kappa shape index (κ1) is 34.0. The third-order valence-electron chi connectivity index (χ3n) is 10.1. The molecular weight excluding hydrogens is 629 g/mol. The summed E-state index contributed by atoms with van der Waals surface area (Å²) >= 11 is 0. The van der Waals surface area contributed by atoms with Crippen molar-refractivity contribution in [2.24, 2.45) is 0 Å². The van der Waals surface area contributed by atoms with Gasteiger partial charge in [0.1, 0.15) is 12.1 Å². The van der Waals surface area contributed by atoms with Gasteiger partial charge in [-0.05, 0) is 50.7 Å². The van der Waals surface area contributed by atoms with Crippen LogP contribution in [0.5, 0.6) is 17.2 Å². The average molecular weight is 679 g/mol. The second-order valence-electron chi connectivity index (χ2n) is 14.2. The summed E-state index contributed by atoms with van der Waals surface area (Å²) < 4.78 is 33.1. The van der Waals surface area contributed by atoms with Gasteiger partial charge in [-0.2, -0.15) is 15.1 Å². The fourth-order valence-electron chi connectivity index (χ4n) is 6.30. The molecule has 0 bridgehead atoms. The number of imidazole rings is 1. The molecule has 2 saturated heterocycles. The van der Waals surface area contributed by atoms with Gasteiger partial charge in [-0.1, -0.05) is 20.8 Å². The quantitative estimate of drug-likeness (QED) is 0.177. The van der Waals surface area contributed by atoms with Crippen LogP contribution in [0.4, 0.5) is 17.6 Å². The highest BCUT2D eigenvalue weighted by Crippen LogP contribution is 2.41. The fraction of sp³-hybridized carbons (Fsp3) is 0.588. The van der Waals surface area contributed by atoms with Crippen molar-refractivity contribution in [3.63, 3.8) is 0 Å². The molecule has 1 N–H and O–H groups in total. The van der Waals surface area contributed by atoms with Crippen LogP contribution in [-0.4, -0.2) is 91.4 Å². The van der Waals surface area contributed by atoms with Crippen LogP contribution in [0.25, 0.3) is 16.7 Å². The van der Waals surface area contributed by atoms with Crippen LogP contribution < -0.4 is 24.4 Å². The van der Waals surface area contributed by atoms with Gasteiger partial charge in [0.2, 0.25) is 11.7 Å². The van der Waals surface area contributed by atoms with E-state index < -0.39 is 8.32 Å². The molecule has 14 heteroatoms. The Morgan fingerprint density at radius 1 is 1.00 bits per heavy atom. The van der Waals surface area contributed by atoms with E-state index in [1.165, 1.54) is 0 Å². The lowest BCUT2D eigenvalue weighted by Crippen LogP contribution is -2.45. The Kier molecular flexibility index (Phi) is 9.60. The van der Waals surface area contributed by atoms with Crippen LogP contribution in [0.3, 0.4) is 0 Å². The van der Waals surface area contributed by atoms with E-state index in [9.17, 15) is 0 Å². The molecule has 0 aliphatic carbocycles. The van der Waals surface area contributed by atoms with Crippen molar-refractivity contribution in [1.29, 1.82) is 0 Å². The molecule has 13 nitrogen and oxygen atoms in total. The lowest BCUT2D eigenvalue weighted by Gasteiger charge is -2.38. The van der Waals surface area contributed by atoms with Gasteiger partial charge in [0.05, 0.1) is 63.0 Å². The molecule has 48 heavy (non-hydrogen) atoms. The molecule has 0 radical (unpaired) electrons.